The zero-order valence-electron chi connectivity index (χ0n) is 8.20. The topological polar surface area (TPSA) is 53.1 Å². The van der Waals surface area contributed by atoms with Gasteiger partial charge in [0.05, 0.1) is 24.9 Å². The van der Waals surface area contributed by atoms with Gasteiger partial charge in [0.2, 0.25) is 0 Å². The van der Waals surface area contributed by atoms with Gasteiger partial charge in [-0.3, -0.25) is 0 Å². The number of aromatic nitrogens is 2. The molecule has 1 aromatic rings. The van der Waals surface area contributed by atoms with Gasteiger partial charge >= 0.3 is 0 Å². The predicted molar refractivity (Wildman–Crippen MR) is 52.9 cm³/mol. The number of hydrogen-bond donors (Lipinski definition) is 1. The summed E-state index contributed by atoms with van der Waals surface area (Å²) in [6.45, 7) is 1.42. The highest BCUT2D eigenvalue weighted by Gasteiger charge is 2.26. The summed E-state index contributed by atoms with van der Waals surface area (Å²) in [7, 11) is 0. The van der Waals surface area contributed by atoms with Gasteiger partial charge in [-0.05, 0) is 19.3 Å². The van der Waals surface area contributed by atoms with Crippen LogP contribution in [0.1, 0.15) is 36.6 Å². The first-order valence-electron chi connectivity index (χ1n) is 5.30. The summed E-state index contributed by atoms with van der Waals surface area (Å²) in [5, 5.41) is 4.54. The maximum atomic E-state index is 6.08. The van der Waals surface area contributed by atoms with E-state index < -0.39 is 0 Å². The van der Waals surface area contributed by atoms with Crippen molar-refractivity contribution >= 4 is 5.82 Å². The standard InChI is InChI=1S/C10H15N3O/c11-10-8-4-5-14-6-9(8)12-13(10)7-2-1-3-7/h7H,1-6,11H2. The zero-order valence-corrected chi connectivity index (χ0v) is 8.20. The Kier molecular flexibility index (Phi) is 1.77. The maximum Gasteiger partial charge on any atom is 0.125 e. The number of anilines is 1. The van der Waals surface area contributed by atoms with Crippen molar-refractivity contribution in [2.75, 3.05) is 12.3 Å². The van der Waals surface area contributed by atoms with Gasteiger partial charge in [0.25, 0.3) is 0 Å². The van der Waals surface area contributed by atoms with Crippen molar-refractivity contribution in [2.24, 2.45) is 0 Å². The Labute approximate surface area is 83.0 Å². The largest absolute Gasteiger partial charge is 0.384 e. The quantitative estimate of drug-likeness (QED) is 0.730. The number of ether oxygens (including phenoxy) is 1. The third-order valence-corrected chi connectivity index (χ3v) is 3.29. The van der Waals surface area contributed by atoms with E-state index in [4.69, 9.17) is 10.5 Å². The molecule has 2 heterocycles. The monoisotopic (exact) mass is 193 g/mol. The minimum absolute atomic E-state index is 0.556. The molecule has 14 heavy (non-hydrogen) atoms. The Bertz CT molecular complexity index is 354. The van der Waals surface area contributed by atoms with E-state index >= 15 is 0 Å². The van der Waals surface area contributed by atoms with Crippen LogP contribution >= 0.6 is 0 Å². The molecule has 4 nitrogen and oxygen atoms in total. The van der Waals surface area contributed by atoms with Crippen molar-refractivity contribution in [2.45, 2.75) is 38.3 Å². The van der Waals surface area contributed by atoms with Gasteiger partial charge in [-0.25, -0.2) is 4.68 Å². The first-order chi connectivity index (χ1) is 6.86. The van der Waals surface area contributed by atoms with Crippen molar-refractivity contribution in [3.05, 3.63) is 11.3 Å². The van der Waals surface area contributed by atoms with Crippen molar-refractivity contribution in [3.63, 3.8) is 0 Å². The molecule has 1 aliphatic carbocycles. The predicted octanol–water partition coefficient (Wildman–Crippen LogP) is 1.26. The number of nitrogens with zero attached hydrogens (tertiary/aromatic N) is 2. The Morgan fingerprint density at radius 1 is 1.43 bits per heavy atom. The molecular formula is C10H15N3O. The van der Waals surface area contributed by atoms with Crippen LogP contribution in [0.15, 0.2) is 0 Å². The molecule has 2 aliphatic rings. The fraction of sp³-hybridized carbons (Fsp3) is 0.700. The highest BCUT2D eigenvalue weighted by atomic mass is 16.5. The van der Waals surface area contributed by atoms with Crippen LogP contribution in [-0.2, 0) is 17.8 Å². The first kappa shape index (κ1) is 8.29. The first-order valence-corrected chi connectivity index (χ1v) is 5.30. The van der Waals surface area contributed by atoms with E-state index in [2.05, 4.69) is 5.10 Å². The van der Waals surface area contributed by atoms with E-state index in [9.17, 15) is 0 Å². The molecule has 0 atom stereocenters. The Balaban J connectivity index is 2.00. The summed E-state index contributed by atoms with van der Waals surface area (Å²) < 4.78 is 7.38. The Morgan fingerprint density at radius 3 is 2.93 bits per heavy atom. The van der Waals surface area contributed by atoms with E-state index in [1.165, 1.54) is 24.8 Å². The van der Waals surface area contributed by atoms with E-state index in [0.29, 0.717) is 12.6 Å². The number of nitrogens with two attached hydrogens (primary N) is 1. The summed E-state index contributed by atoms with van der Waals surface area (Å²) >= 11 is 0. The molecule has 2 N–H and O–H groups in total. The minimum Gasteiger partial charge on any atom is -0.384 e. The van der Waals surface area contributed by atoms with E-state index in [-0.39, 0.29) is 0 Å². The highest BCUT2D eigenvalue weighted by molar-refractivity contribution is 5.44. The molecule has 0 spiro atoms. The van der Waals surface area contributed by atoms with Crippen molar-refractivity contribution in [1.29, 1.82) is 0 Å². The van der Waals surface area contributed by atoms with Crippen LogP contribution in [0.3, 0.4) is 0 Å². The fourth-order valence-corrected chi connectivity index (χ4v) is 2.17. The molecule has 1 saturated carbocycles. The fourth-order valence-electron chi connectivity index (χ4n) is 2.17. The lowest BCUT2D eigenvalue weighted by atomic mass is 9.93. The molecule has 0 aromatic carbocycles. The average molecular weight is 193 g/mol. The van der Waals surface area contributed by atoms with Crippen LogP contribution in [0, 0.1) is 0 Å². The Morgan fingerprint density at radius 2 is 2.29 bits per heavy atom. The summed E-state index contributed by atoms with van der Waals surface area (Å²) in [5.74, 6) is 0.882. The zero-order chi connectivity index (χ0) is 9.54. The van der Waals surface area contributed by atoms with Crippen LogP contribution in [-0.4, -0.2) is 16.4 Å². The lowest BCUT2D eigenvalue weighted by molar-refractivity contribution is 0.107. The molecule has 0 amide bonds. The molecule has 0 unspecified atom stereocenters. The lowest BCUT2D eigenvalue weighted by Crippen LogP contribution is -2.20. The molecule has 76 valence electrons. The number of rotatable bonds is 1. The van der Waals surface area contributed by atoms with Crippen LogP contribution in [0.25, 0.3) is 0 Å². The highest BCUT2D eigenvalue weighted by Crippen LogP contribution is 2.35. The van der Waals surface area contributed by atoms with E-state index in [1.54, 1.807) is 0 Å². The molecule has 1 fully saturated rings. The molecular weight excluding hydrogens is 178 g/mol. The van der Waals surface area contributed by atoms with Gasteiger partial charge in [0.15, 0.2) is 0 Å². The van der Waals surface area contributed by atoms with E-state index in [1.807, 2.05) is 4.68 Å². The summed E-state index contributed by atoms with van der Waals surface area (Å²) in [5.41, 5.74) is 8.36. The molecule has 3 rings (SSSR count). The van der Waals surface area contributed by atoms with Gasteiger partial charge < -0.3 is 10.5 Å². The second kappa shape index (κ2) is 2.98. The molecule has 1 aromatic heterocycles. The second-order valence-electron chi connectivity index (χ2n) is 4.14. The molecule has 0 radical (unpaired) electrons. The summed E-state index contributed by atoms with van der Waals surface area (Å²) in [6, 6.07) is 0.556. The maximum absolute atomic E-state index is 6.08. The van der Waals surface area contributed by atoms with Gasteiger partial charge in [0, 0.05) is 12.0 Å². The smallest absolute Gasteiger partial charge is 0.125 e. The number of hydrogen-bond acceptors (Lipinski definition) is 3. The average Bonchev–Trinajstić information content (AvgIpc) is 2.43. The SMILES string of the molecule is Nc1c2c(nn1C1CCC1)COCC2. The summed E-state index contributed by atoms with van der Waals surface area (Å²) in [6.07, 6.45) is 4.69. The summed E-state index contributed by atoms with van der Waals surface area (Å²) in [4.78, 5) is 0. The van der Waals surface area contributed by atoms with Crippen molar-refractivity contribution < 1.29 is 4.74 Å². The van der Waals surface area contributed by atoms with Gasteiger partial charge in [0.1, 0.15) is 5.82 Å². The van der Waals surface area contributed by atoms with Crippen molar-refractivity contribution in [1.82, 2.24) is 9.78 Å². The minimum atomic E-state index is 0.556. The molecule has 0 saturated heterocycles. The van der Waals surface area contributed by atoms with Crippen LogP contribution in [0.5, 0.6) is 0 Å². The Hall–Kier alpha value is -1.03. The second-order valence-corrected chi connectivity index (χ2v) is 4.14. The van der Waals surface area contributed by atoms with Gasteiger partial charge in [-0.2, -0.15) is 5.10 Å². The van der Waals surface area contributed by atoms with Crippen molar-refractivity contribution in [3.8, 4) is 0 Å². The van der Waals surface area contributed by atoms with Crippen LogP contribution < -0.4 is 5.73 Å². The normalized spacial score (nSPS) is 21.7. The van der Waals surface area contributed by atoms with Crippen LogP contribution in [0.4, 0.5) is 5.82 Å². The number of nitrogen functional groups attached to an aromatic ring is 1. The third kappa shape index (κ3) is 1.07. The van der Waals surface area contributed by atoms with Gasteiger partial charge in [-0.1, -0.05) is 0 Å². The number of fused-ring (bicyclic) bond motifs is 1. The molecule has 1 aliphatic heterocycles. The molecule has 4 heteroatoms. The van der Waals surface area contributed by atoms with Crippen LogP contribution in [0.2, 0.25) is 0 Å². The lowest BCUT2D eigenvalue weighted by Gasteiger charge is -2.26. The van der Waals surface area contributed by atoms with E-state index in [0.717, 1.165) is 24.5 Å². The third-order valence-electron chi connectivity index (χ3n) is 3.29. The molecule has 0 bridgehead atoms. The van der Waals surface area contributed by atoms with Gasteiger partial charge in [-0.15, -0.1) is 0 Å².